The molecule has 31 heavy (non-hydrogen) atoms. The number of aromatic nitrogens is 1. The number of nitrogens with zero attached hydrogens (tertiary/aromatic N) is 2. The van der Waals surface area contributed by atoms with Crippen molar-refractivity contribution in [2.24, 2.45) is 5.92 Å². The Bertz CT molecular complexity index is 1050. The third kappa shape index (κ3) is 5.20. The monoisotopic (exact) mass is 433 g/mol. The average Bonchev–Trinajstić information content (AvgIpc) is 3.15. The van der Waals surface area contributed by atoms with Crippen LogP contribution >= 0.6 is 11.3 Å². The number of benzene rings is 2. The normalized spacial score (nSPS) is 14.5. The fourth-order valence-electron chi connectivity index (χ4n) is 3.93. The molecule has 1 N–H and O–H groups in total. The summed E-state index contributed by atoms with van der Waals surface area (Å²) in [4.78, 5) is 33.1. The maximum Gasteiger partial charge on any atom is 0.227 e. The van der Waals surface area contributed by atoms with Crippen molar-refractivity contribution >= 4 is 28.8 Å². The highest BCUT2D eigenvalue weighted by Gasteiger charge is 2.28. The van der Waals surface area contributed by atoms with Gasteiger partial charge in [0.25, 0.3) is 0 Å². The number of nitrogens with one attached hydrogen (secondary N) is 1. The van der Waals surface area contributed by atoms with Crippen LogP contribution in [0.3, 0.4) is 0 Å². The van der Waals surface area contributed by atoms with Gasteiger partial charge < -0.3 is 10.2 Å². The Balaban J connectivity index is 1.35. The zero-order valence-electron chi connectivity index (χ0n) is 17.9. The number of likely N-dealkylation sites (tertiary alicyclic amines) is 1. The largest absolute Gasteiger partial charge is 0.342 e. The Morgan fingerprint density at radius 2 is 1.71 bits per heavy atom. The van der Waals surface area contributed by atoms with E-state index >= 15 is 0 Å². The van der Waals surface area contributed by atoms with Crippen LogP contribution < -0.4 is 5.32 Å². The molecule has 3 aromatic rings. The van der Waals surface area contributed by atoms with Crippen LogP contribution in [0.25, 0.3) is 11.3 Å². The molecule has 4 rings (SSSR count). The lowest BCUT2D eigenvalue weighted by Crippen LogP contribution is -2.42. The van der Waals surface area contributed by atoms with Gasteiger partial charge in [0.15, 0.2) is 0 Å². The number of amides is 2. The van der Waals surface area contributed by atoms with Crippen molar-refractivity contribution < 1.29 is 9.59 Å². The van der Waals surface area contributed by atoms with Gasteiger partial charge in [0.05, 0.1) is 17.1 Å². The highest BCUT2D eigenvalue weighted by atomic mass is 32.1. The van der Waals surface area contributed by atoms with E-state index in [1.54, 1.807) is 11.3 Å². The van der Waals surface area contributed by atoms with Crippen molar-refractivity contribution in [2.75, 3.05) is 18.4 Å². The van der Waals surface area contributed by atoms with E-state index < -0.39 is 0 Å². The Labute approximate surface area is 187 Å². The second kappa shape index (κ2) is 9.43. The highest BCUT2D eigenvalue weighted by Crippen LogP contribution is 2.30. The van der Waals surface area contributed by atoms with E-state index in [2.05, 4.69) is 41.5 Å². The first-order chi connectivity index (χ1) is 15.0. The average molecular weight is 434 g/mol. The SMILES string of the molecule is Cc1ccc(-c2nc(C)sc2CC(=O)N2CCC(C(=O)Nc3ccccc3)CC2)cc1. The van der Waals surface area contributed by atoms with Crippen LogP contribution in [0, 0.1) is 19.8 Å². The van der Waals surface area contributed by atoms with Gasteiger partial charge in [0.1, 0.15) is 0 Å². The zero-order valence-corrected chi connectivity index (χ0v) is 18.7. The van der Waals surface area contributed by atoms with Crippen LogP contribution in [0.4, 0.5) is 5.69 Å². The zero-order chi connectivity index (χ0) is 21.8. The number of rotatable bonds is 5. The van der Waals surface area contributed by atoms with Crippen molar-refractivity contribution in [3.63, 3.8) is 0 Å². The molecule has 1 saturated heterocycles. The lowest BCUT2D eigenvalue weighted by atomic mass is 9.95. The quantitative estimate of drug-likeness (QED) is 0.626. The molecule has 2 amide bonds. The molecule has 1 aliphatic heterocycles. The predicted molar refractivity (Wildman–Crippen MR) is 125 cm³/mol. The molecule has 0 radical (unpaired) electrons. The van der Waals surface area contributed by atoms with Gasteiger partial charge in [-0.3, -0.25) is 9.59 Å². The lowest BCUT2D eigenvalue weighted by Gasteiger charge is -2.31. The smallest absolute Gasteiger partial charge is 0.227 e. The van der Waals surface area contributed by atoms with E-state index in [9.17, 15) is 9.59 Å². The number of piperidine rings is 1. The molecular formula is C25H27N3O2S. The molecule has 0 unspecified atom stereocenters. The molecule has 0 spiro atoms. The third-order valence-electron chi connectivity index (χ3n) is 5.70. The van der Waals surface area contributed by atoms with Crippen LogP contribution in [0.15, 0.2) is 54.6 Å². The highest BCUT2D eigenvalue weighted by molar-refractivity contribution is 7.12. The van der Waals surface area contributed by atoms with Gasteiger partial charge in [0, 0.05) is 35.1 Å². The summed E-state index contributed by atoms with van der Waals surface area (Å²) in [5.74, 6) is 0.0926. The summed E-state index contributed by atoms with van der Waals surface area (Å²) in [6.07, 6.45) is 1.74. The minimum Gasteiger partial charge on any atom is -0.342 e. The molecule has 1 fully saturated rings. The van der Waals surface area contributed by atoms with Gasteiger partial charge in [-0.2, -0.15) is 0 Å². The summed E-state index contributed by atoms with van der Waals surface area (Å²) in [5.41, 5.74) is 3.98. The second-order valence-corrected chi connectivity index (χ2v) is 9.35. The van der Waals surface area contributed by atoms with Gasteiger partial charge in [-0.25, -0.2) is 4.98 Å². The molecule has 160 valence electrons. The first-order valence-electron chi connectivity index (χ1n) is 10.7. The first kappa shape index (κ1) is 21.2. The van der Waals surface area contributed by atoms with Gasteiger partial charge in [-0.1, -0.05) is 48.0 Å². The Morgan fingerprint density at radius 3 is 2.39 bits per heavy atom. The van der Waals surface area contributed by atoms with E-state index in [1.165, 1.54) is 5.56 Å². The van der Waals surface area contributed by atoms with Gasteiger partial charge in [0.2, 0.25) is 11.8 Å². The maximum absolute atomic E-state index is 13.0. The first-order valence-corrected chi connectivity index (χ1v) is 11.5. The molecule has 0 aliphatic carbocycles. The number of thiazole rings is 1. The van der Waals surface area contributed by atoms with Crippen molar-refractivity contribution in [3.05, 3.63) is 70.0 Å². The number of carbonyl (C=O) groups excluding carboxylic acids is 2. The predicted octanol–water partition coefficient (Wildman–Crippen LogP) is 4.85. The van der Waals surface area contributed by atoms with Gasteiger partial charge in [-0.05, 0) is 38.8 Å². The van der Waals surface area contributed by atoms with Crippen LogP contribution in [-0.4, -0.2) is 34.8 Å². The van der Waals surface area contributed by atoms with Crippen molar-refractivity contribution in [1.29, 1.82) is 0 Å². The summed E-state index contributed by atoms with van der Waals surface area (Å²) in [7, 11) is 0. The Morgan fingerprint density at radius 1 is 1.03 bits per heavy atom. The van der Waals surface area contributed by atoms with Crippen molar-refractivity contribution in [3.8, 4) is 11.3 Å². The molecular weight excluding hydrogens is 406 g/mol. The fourth-order valence-corrected chi connectivity index (χ4v) is 4.88. The molecule has 0 bridgehead atoms. The summed E-state index contributed by atoms with van der Waals surface area (Å²) in [5, 5.41) is 3.95. The minimum absolute atomic E-state index is 0.0398. The van der Waals surface area contributed by atoms with E-state index in [-0.39, 0.29) is 17.7 Å². The molecule has 0 saturated carbocycles. The Hall–Kier alpha value is -2.99. The Kier molecular flexibility index (Phi) is 6.47. The molecule has 1 aliphatic rings. The number of carbonyl (C=O) groups is 2. The molecule has 1 aromatic heterocycles. The summed E-state index contributed by atoms with van der Waals surface area (Å²) in [6.45, 7) is 5.27. The fraction of sp³-hybridized carbons (Fsp3) is 0.320. The van der Waals surface area contributed by atoms with E-state index in [4.69, 9.17) is 0 Å². The van der Waals surface area contributed by atoms with Gasteiger partial charge in [-0.15, -0.1) is 11.3 Å². The van der Waals surface area contributed by atoms with Crippen LogP contribution in [0.2, 0.25) is 0 Å². The summed E-state index contributed by atoms with van der Waals surface area (Å²) >= 11 is 1.59. The van der Waals surface area contributed by atoms with Crippen LogP contribution in [-0.2, 0) is 16.0 Å². The number of aryl methyl sites for hydroxylation is 2. The van der Waals surface area contributed by atoms with E-state index in [1.807, 2.05) is 42.2 Å². The summed E-state index contributed by atoms with van der Waals surface area (Å²) in [6, 6.07) is 17.8. The molecule has 2 heterocycles. The third-order valence-corrected chi connectivity index (χ3v) is 6.67. The van der Waals surface area contributed by atoms with Crippen molar-refractivity contribution in [1.82, 2.24) is 9.88 Å². The summed E-state index contributed by atoms with van der Waals surface area (Å²) < 4.78 is 0. The molecule has 6 heteroatoms. The standard InChI is InChI=1S/C25H27N3O2S/c1-17-8-10-19(11-9-17)24-22(31-18(2)26-24)16-23(29)28-14-12-20(13-15-28)25(30)27-21-6-4-3-5-7-21/h3-11,20H,12-16H2,1-2H3,(H,27,30). The number of hydrogen-bond donors (Lipinski definition) is 1. The molecule has 0 atom stereocenters. The van der Waals surface area contributed by atoms with Crippen LogP contribution in [0.5, 0.6) is 0 Å². The molecule has 5 nitrogen and oxygen atoms in total. The second-order valence-electron chi connectivity index (χ2n) is 8.06. The van der Waals surface area contributed by atoms with E-state index in [0.717, 1.165) is 26.8 Å². The van der Waals surface area contributed by atoms with Crippen molar-refractivity contribution in [2.45, 2.75) is 33.1 Å². The maximum atomic E-state index is 13.0. The topological polar surface area (TPSA) is 62.3 Å². The lowest BCUT2D eigenvalue weighted by molar-refractivity contribution is -0.133. The van der Waals surface area contributed by atoms with Crippen LogP contribution in [0.1, 0.15) is 28.3 Å². The number of anilines is 1. The van der Waals surface area contributed by atoms with Gasteiger partial charge >= 0.3 is 0 Å². The minimum atomic E-state index is -0.0574. The number of hydrogen-bond acceptors (Lipinski definition) is 4. The van der Waals surface area contributed by atoms with E-state index in [0.29, 0.717) is 32.4 Å². The number of para-hydroxylation sites is 1. The molecule has 2 aromatic carbocycles.